The van der Waals surface area contributed by atoms with Gasteiger partial charge in [-0.15, -0.1) is 11.8 Å². The zero-order valence-corrected chi connectivity index (χ0v) is 13.9. The van der Waals surface area contributed by atoms with E-state index in [-0.39, 0.29) is 4.90 Å². The molecule has 0 saturated heterocycles. The Kier molecular flexibility index (Phi) is 5.77. The van der Waals surface area contributed by atoms with Crippen LogP contribution in [0.3, 0.4) is 0 Å². The monoisotopic (exact) mass is 377 g/mol. The van der Waals surface area contributed by atoms with E-state index in [0.717, 1.165) is 23.9 Å². The molecule has 2 rings (SSSR count). The molecule has 0 fully saturated rings. The van der Waals surface area contributed by atoms with Crippen LogP contribution < -0.4 is 5.32 Å². The number of halogens is 5. The first-order valence-corrected chi connectivity index (χ1v) is 8.02. The summed E-state index contributed by atoms with van der Waals surface area (Å²) >= 11 is 6.53. The van der Waals surface area contributed by atoms with Crippen molar-refractivity contribution in [1.82, 2.24) is 0 Å². The first kappa shape index (κ1) is 18.6. The van der Waals surface area contributed by atoms with E-state index >= 15 is 0 Å². The maximum absolute atomic E-state index is 12.8. The SMILES string of the molecule is C[C@H](Sc1ccc(Cl)c(C(F)(F)F)c1)C(=O)Nc1ccc(F)cc1. The van der Waals surface area contributed by atoms with Crippen molar-refractivity contribution < 1.29 is 22.4 Å². The van der Waals surface area contributed by atoms with Crippen LogP contribution in [-0.4, -0.2) is 11.2 Å². The molecule has 128 valence electrons. The van der Waals surface area contributed by atoms with Crippen molar-refractivity contribution in [2.24, 2.45) is 0 Å². The number of anilines is 1. The minimum atomic E-state index is -4.56. The van der Waals surface area contributed by atoms with Gasteiger partial charge < -0.3 is 5.32 Å². The molecule has 8 heteroatoms. The van der Waals surface area contributed by atoms with Gasteiger partial charge in [0, 0.05) is 10.6 Å². The Balaban J connectivity index is 2.07. The lowest BCUT2D eigenvalue weighted by Crippen LogP contribution is -2.22. The third-order valence-corrected chi connectivity index (χ3v) is 4.46. The molecule has 0 aliphatic carbocycles. The summed E-state index contributed by atoms with van der Waals surface area (Å²) in [5.41, 5.74) is -0.541. The van der Waals surface area contributed by atoms with Crippen LogP contribution in [0.1, 0.15) is 12.5 Å². The maximum Gasteiger partial charge on any atom is 0.417 e. The van der Waals surface area contributed by atoms with E-state index < -0.39 is 33.7 Å². The van der Waals surface area contributed by atoms with Gasteiger partial charge in [0.05, 0.1) is 15.8 Å². The number of carbonyl (C=O) groups excluding carboxylic acids is 1. The van der Waals surface area contributed by atoms with E-state index in [2.05, 4.69) is 5.32 Å². The van der Waals surface area contributed by atoms with Crippen molar-refractivity contribution in [3.8, 4) is 0 Å². The minimum Gasteiger partial charge on any atom is -0.325 e. The average molecular weight is 378 g/mol. The molecule has 0 aliphatic heterocycles. The van der Waals surface area contributed by atoms with Crippen LogP contribution in [-0.2, 0) is 11.0 Å². The minimum absolute atomic E-state index is 0.272. The third-order valence-electron chi connectivity index (χ3n) is 3.04. The Labute approximate surface area is 145 Å². The molecular formula is C16H12ClF4NOS. The highest BCUT2D eigenvalue weighted by molar-refractivity contribution is 8.00. The first-order valence-electron chi connectivity index (χ1n) is 6.76. The maximum atomic E-state index is 12.8. The second kappa shape index (κ2) is 7.44. The Hall–Kier alpha value is -1.73. The predicted molar refractivity (Wildman–Crippen MR) is 86.8 cm³/mol. The number of hydrogen-bond acceptors (Lipinski definition) is 2. The van der Waals surface area contributed by atoms with Gasteiger partial charge in [-0.1, -0.05) is 11.6 Å². The molecule has 1 N–H and O–H groups in total. The van der Waals surface area contributed by atoms with Crippen molar-refractivity contribution in [3.05, 3.63) is 58.9 Å². The Bertz CT molecular complexity index is 734. The van der Waals surface area contributed by atoms with Crippen LogP contribution in [0.4, 0.5) is 23.2 Å². The molecule has 0 spiro atoms. The van der Waals surface area contributed by atoms with Gasteiger partial charge in [-0.2, -0.15) is 13.2 Å². The lowest BCUT2D eigenvalue weighted by Gasteiger charge is -2.14. The average Bonchev–Trinajstić information content (AvgIpc) is 2.50. The molecule has 2 nitrogen and oxygen atoms in total. The topological polar surface area (TPSA) is 29.1 Å². The fourth-order valence-electron chi connectivity index (χ4n) is 1.83. The normalized spacial score (nSPS) is 12.8. The van der Waals surface area contributed by atoms with Crippen LogP contribution in [0.25, 0.3) is 0 Å². The van der Waals surface area contributed by atoms with Gasteiger partial charge >= 0.3 is 6.18 Å². The first-order chi connectivity index (χ1) is 11.2. The quantitative estimate of drug-likeness (QED) is 0.553. The number of benzene rings is 2. The smallest absolute Gasteiger partial charge is 0.325 e. The van der Waals surface area contributed by atoms with Crippen molar-refractivity contribution in [2.45, 2.75) is 23.2 Å². The summed E-state index contributed by atoms with van der Waals surface area (Å²) < 4.78 is 51.3. The second-order valence-electron chi connectivity index (χ2n) is 4.90. The van der Waals surface area contributed by atoms with Gasteiger partial charge in [0.25, 0.3) is 0 Å². The summed E-state index contributed by atoms with van der Waals surface area (Å²) in [5, 5.41) is 1.52. The van der Waals surface area contributed by atoms with Gasteiger partial charge in [-0.25, -0.2) is 4.39 Å². The number of nitrogens with one attached hydrogen (secondary N) is 1. The summed E-state index contributed by atoms with van der Waals surface area (Å²) in [6.07, 6.45) is -4.56. The molecule has 0 bridgehead atoms. The summed E-state index contributed by atoms with van der Waals surface area (Å²) in [5.74, 6) is -0.841. The van der Waals surface area contributed by atoms with E-state index in [1.165, 1.54) is 30.3 Å². The summed E-state index contributed by atoms with van der Waals surface area (Å²) in [4.78, 5) is 12.3. The molecule has 0 saturated carbocycles. The molecule has 1 atom stereocenters. The second-order valence-corrected chi connectivity index (χ2v) is 6.72. The highest BCUT2D eigenvalue weighted by Gasteiger charge is 2.33. The summed E-state index contributed by atoms with van der Waals surface area (Å²) in [6, 6.07) is 8.67. The lowest BCUT2D eigenvalue weighted by atomic mass is 10.2. The largest absolute Gasteiger partial charge is 0.417 e. The van der Waals surface area contributed by atoms with Gasteiger partial charge in [-0.3, -0.25) is 4.79 Å². The van der Waals surface area contributed by atoms with Gasteiger partial charge in [0.2, 0.25) is 5.91 Å². The molecule has 0 unspecified atom stereocenters. The zero-order chi connectivity index (χ0) is 17.9. The fraction of sp³-hybridized carbons (Fsp3) is 0.188. The molecule has 2 aromatic rings. The van der Waals surface area contributed by atoms with Crippen LogP contribution in [0.2, 0.25) is 5.02 Å². The van der Waals surface area contributed by atoms with Crippen LogP contribution >= 0.6 is 23.4 Å². The fourth-order valence-corrected chi connectivity index (χ4v) is 2.96. The standard InChI is InChI=1S/C16H12ClF4NOS/c1-9(15(23)22-11-4-2-10(18)3-5-11)24-12-6-7-14(17)13(8-12)16(19,20)21/h2-9H,1H3,(H,22,23)/t9-/m0/s1. The third kappa shape index (κ3) is 4.88. The molecular weight excluding hydrogens is 366 g/mol. The molecule has 0 aromatic heterocycles. The van der Waals surface area contributed by atoms with Crippen LogP contribution in [0.5, 0.6) is 0 Å². The van der Waals surface area contributed by atoms with Gasteiger partial charge in [0.15, 0.2) is 0 Å². The van der Waals surface area contributed by atoms with E-state index in [1.807, 2.05) is 0 Å². The number of amides is 1. The number of thioether (sulfide) groups is 1. The zero-order valence-electron chi connectivity index (χ0n) is 12.3. The number of hydrogen-bond donors (Lipinski definition) is 1. The highest BCUT2D eigenvalue weighted by atomic mass is 35.5. The summed E-state index contributed by atoms with van der Waals surface area (Å²) in [7, 11) is 0. The van der Waals surface area contributed by atoms with Crippen molar-refractivity contribution in [3.63, 3.8) is 0 Å². The van der Waals surface area contributed by atoms with Crippen molar-refractivity contribution in [1.29, 1.82) is 0 Å². The molecule has 1 amide bonds. The van der Waals surface area contributed by atoms with E-state index in [1.54, 1.807) is 6.92 Å². The van der Waals surface area contributed by atoms with Crippen LogP contribution in [0, 0.1) is 5.82 Å². The lowest BCUT2D eigenvalue weighted by molar-refractivity contribution is -0.137. The van der Waals surface area contributed by atoms with Crippen molar-refractivity contribution in [2.75, 3.05) is 5.32 Å². The number of alkyl halides is 3. The number of rotatable bonds is 4. The van der Waals surface area contributed by atoms with E-state index in [9.17, 15) is 22.4 Å². The van der Waals surface area contributed by atoms with Crippen molar-refractivity contribution >= 4 is 35.0 Å². The Morgan fingerprint density at radius 2 is 1.79 bits per heavy atom. The highest BCUT2D eigenvalue weighted by Crippen LogP contribution is 2.37. The predicted octanol–water partition coefficient (Wildman–Crippen LogP) is 5.62. The Morgan fingerprint density at radius 1 is 1.17 bits per heavy atom. The molecule has 0 radical (unpaired) electrons. The molecule has 2 aromatic carbocycles. The molecule has 0 aliphatic rings. The summed E-state index contributed by atoms with van der Waals surface area (Å²) in [6.45, 7) is 1.56. The van der Waals surface area contributed by atoms with Gasteiger partial charge in [-0.05, 0) is 49.4 Å². The van der Waals surface area contributed by atoms with E-state index in [4.69, 9.17) is 11.6 Å². The molecule has 24 heavy (non-hydrogen) atoms. The van der Waals surface area contributed by atoms with Gasteiger partial charge in [0.1, 0.15) is 5.82 Å². The van der Waals surface area contributed by atoms with Crippen LogP contribution in [0.15, 0.2) is 47.4 Å². The Morgan fingerprint density at radius 3 is 2.38 bits per heavy atom. The number of carbonyl (C=O) groups is 1. The molecule has 0 heterocycles. The van der Waals surface area contributed by atoms with E-state index in [0.29, 0.717) is 5.69 Å².